The Balaban J connectivity index is 1.14. The monoisotopic (exact) mass is 1970 g/mol. The first-order chi connectivity index (χ1) is 66.4. The first-order valence-electron chi connectivity index (χ1n) is 46.5. The fourth-order valence-corrected chi connectivity index (χ4v) is 26.4. The normalized spacial score (nSPS) is 25.5. The standard InChI is InChI=1S/C104H128N2O30SSi2/c1-67-89(119-59-76-41-25-16-26-42-76)95(120-60-77-43-27-17-28-44-77)97(121-61-78-45-29-18-30-46-78)100(125-67)134-93-88(106-137(115,116)55-56-138(12,13)14)99(122-62-79-47-31-19-32-48-79)131-86(66-124-139(103(9,10)11,81-51-35-21-36-52-81)82-53-37-22-38-54-82)90(93)133-101-98(130-74(8)113)96(92(129-73(7)112)84(132-101)64-117-58-75-39-23-15-24-40-75)136-104(102(114)123-63-80-49-33-20-34-50-80)57-83(126-70(4)109)87(105-68(2)107)94(135-104)91(128-72(6)111)85(127-71(5)110)65-118-69(3)108/h15-54,67,83-101,106H,55-66H2,1-14H3,(H,105,107)/t67-,83-,84+,85+,86+,87+,88+,89+,90+,91-,92-,93+,94+,95+,96-,97-,98+,99+,100-,101-,104-/m0/s1. The second-order valence-corrected chi connectivity index (χ2v) is 48.9. The number of nitrogens with one attached hydrogen (secondary N) is 2. The van der Waals surface area contributed by atoms with Gasteiger partial charge in [-0.2, -0.15) is 0 Å². The minimum atomic E-state index is -4.60. The van der Waals surface area contributed by atoms with Crippen LogP contribution in [0, 0.1) is 0 Å². The van der Waals surface area contributed by atoms with Gasteiger partial charge in [0.25, 0.3) is 14.1 Å². The summed E-state index contributed by atoms with van der Waals surface area (Å²) < 4.78 is 174. The molecule has 12 rings (SSSR count). The lowest BCUT2D eigenvalue weighted by Crippen LogP contribution is -2.73. The molecule has 748 valence electrons. The number of amides is 1. The molecular formula is C104H128N2O30SSi2. The van der Waals surface area contributed by atoms with E-state index in [9.17, 15) is 28.8 Å². The van der Waals surface area contributed by atoms with E-state index in [1.54, 1.807) is 67.6 Å². The predicted octanol–water partition coefficient (Wildman–Crippen LogP) is 11.7. The summed E-state index contributed by atoms with van der Waals surface area (Å²) in [5.74, 6) is -12.3. The number of hydrogen-bond acceptors (Lipinski definition) is 30. The molecule has 2 N–H and O–H groups in total. The molecule has 0 saturated carbocycles. The molecule has 4 saturated heterocycles. The highest BCUT2D eigenvalue weighted by Gasteiger charge is 2.66. The maximum Gasteiger partial charge on any atom is 0.367 e. The number of esters is 7. The lowest BCUT2D eigenvalue weighted by molar-refractivity contribution is -0.394. The first kappa shape index (κ1) is 107. The Bertz CT molecular complexity index is 5340. The van der Waals surface area contributed by atoms with E-state index in [0.29, 0.717) is 22.3 Å². The van der Waals surface area contributed by atoms with Crippen LogP contribution in [0.1, 0.15) is 116 Å². The fourth-order valence-electron chi connectivity index (χ4n) is 17.5. The van der Waals surface area contributed by atoms with Crippen molar-refractivity contribution in [3.8, 4) is 0 Å². The number of ether oxygens (including phenoxy) is 19. The summed E-state index contributed by atoms with van der Waals surface area (Å²) in [6, 6.07) is 70.6. The Kier molecular flexibility index (Phi) is 38.7. The Labute approximate surface area is 814 Å². The van der Waals surface area contributed by atoms with Crippen molar-refractivity contribution in [1.82, 2.24) is 10.0 Å². The van der Waals surface area contributed by atoms with Gasteiger partial charge in [0.05, 0.1) is 70.6 Å². The molecule has 0 aliphatic carbocycles. The summed E-state index contributed by atoms with van der Waals surface area (Å²) in [5.41, 5.74) is 3.93. The number of benzene rings is 8. The summed E-state index contributed by atoms with van der Waals surface area (Å²) in [7, 11) is -10.7. The molecule has 139 heavy (non-hydrogen) atoms. The Morgan fingerprint density at radius 2 is 0.871 bits per heavy atom. The predicted molar refractivity (Wildman–Crippen MR) is 512 cm³/mol. The Morgan fingerprint density at radius 3 is 1.34 bits per heavy atom. The van der Waals surface area contributed by atoms with Crippen LogP contribution in [0.3, 0.4) is 0 Å². The average molecular weight is 1970 g/mol. The van der Waals surface area contributed by atoms with Gasteiger partial charge < -0.3 is 99.7 Å². The van der Waals surface area contributed by atoms with Crippen molar-refractivity contribution < 1.29 is 141 Å². The van der Waals surface area contributed by atoms with Gasteiger partial charge in [-0.25, -0.2) is 17.9 Å². The molecule has 0 spiro atoms. The Hall–Kier alpha value is -10.7. The third kappa shape index (κ3) is 30.2. The van der Waals surface area contributed by atoms with Gasteiger partial charge in [0.2, 0.25) is 15.9 Å². The fraction of sp³-hybridized carbons (Fsp3) is 0.462. The number of carbonyl (C=O) groups is 8. The number of carbonyl (C=O) groups excluding carboxylic acids is 8. The highest BCUT2D eigenvalue weighted by Crippen LogP contribution is 2.46. The molecule has 8 aromatic rings. The zero-order chi connectivity index (χ0) is 99.6. The molecule has 1 amide bonds. The first-order valence-corrected chi connectivity index (χ1v) is 53.8. The van der Waals surface area contributed by atoms with Crippen molar-refractivity contribution >= 4 is 84.5 Å². The van der Waals surface area contributed by atoms with E-state index in [1.165, 1.54) is 0 Å². The van der Waals surface area contributed by atoms with Crippen LogP contribution in [0.4, 0.5) is 0 Å². The van der Waals surface area contributed by atoms with Crippen LogP contribution in [0.25, 0.3) is 0 Å². The van der Waals surface area contributed by atoms with Crippen LogP contribution in [0.15, 0.2) is 243 Å². The molecule has 4 fully saturated rings. The maximum absolute atomic E-state index is 16.7. The van der Waals surface area contributed by atoms with Crippen molar-refractivity contribution in [3.05, 3.63) is 276 Å². The van der Waals surface area contributed by atoms with Gasteiger partial charge in [0, 0.05) is 56.5 Å². The molecule has 35 heteroatoms. The molecular weight excluding hydrogens is 1850 g/mol. The van der Waals surface area contributed by atoms with Crippen LogP contribution >= 0.6 is 0 Å². The van der Waals surface area contributed by atoms with E-state index in [-0.39, 0.29) is 39.1 Å². The molecule has 0 bridgehead atoms. The molecule has 0 unspecified atom stereocenters. The number of sulfonamides is 1. The topological polar surface area (TPSA) is 379 Å². The molecule has 0 radical (unpaired) electrons. The maximum atomic E-state index is 16.7. The highest BCUT2D eigenvalue weighted by molar-refractivity contribution is 7.89. The smallest absolute Gasteiger partial charge is 0.367 e. The number of rotatable bonds is 45. The van der Waals surface area contributed by atoms with E-state index in [2.05, 4.69) is 30.8 Å². The van der Waals surface area contributed by atoms with Crippen molar-refractivity contribution in [2.24, 2.45) is 0 Å². The third-order valence-corrected chi connectivity index (χ3v) is 32.3. The molecule has 0 aromatic heterocycles. The zero-order valence-corrected chi connectivity index (χ0v) is 83.6. The minimum absolute atomic E-state index is 0.0129. The molecule has 8 aromatic carbocycles. The highest BCUT2D eigenvalue weighted by atomic mass is 32.2. The van der Waals surface area contributed by atoms with E-state index >= 15 is 18.0 Å². The summed E-state index contributed by atoms with van der Waals surface area (Å²) in [6.07, 6.45) is -33.1. The van der Waals surface area contributed by atoms with E-state index in [4.69, 9.17) is 94.4 Å². The van der Waals surface area contributed by atoms with Gasteiger partial charge >= 0.3 is 41.8 Å². The Morgan fingerprint density at radius 1 is 0.439 bits per heavy atom. The summed E-state index contributed by atoms with van der Waals surface area (Å²) in [4.78, 5) is 115. The minimum Gasteiger partial charge on any atom is -0.462 e. The van der Waals surface area contributed by atoms with Crippen LogP contribution in [-0.4, -0.2) is 226 Å². The quantitative estimate of drug-likeness (QED) is 0.0203. The molecule has 4 heterocycles. The van der Waals surface area contributed by atoms with Crippen LogP contribution < -0.4 is 20.4 Å². The van der Waals surface area contributed by atoms with Crippen molar-refractivity contribution in [3.63, 3.8) is 0 Å². The van der Waals surface area contributed by atoms with Crippen LogP contribution in [0.2, 0.25) is 30.7 Å². The third-order valence-electron chi connectivity index (χ3n) is 23.8. The van der Waals surface area contributed by atoms with Crippen molar-refractivity contribution in [1.29, 1.82) is 0 Å². The SMILES string of the molecule is CC(=O)N[C@H]1[C@H]([C@@H](OC(C)=O)[C@@H](COC(C)=O)OC(C)=O)O[C@@](O[C@H]2[C@@H](OC(C)=O)[C@@H](COCc3ccccc3)O[C@@H](O[C@H]3[C@H](O[C@@H]4O[C@@H](C)[C@@H](OCc5ccccc5)[C@@H](OCc5ccccc5)[C@@H]4OCc4ccccc4)[C@@H](NS(=O)(=O)CC[Si](C)(C)C)[C@H](OCc4ccccc4)O[C@@H]3CO[Si](c3ccccc3)(c3ccccc3)C(C)(C)C)[C@@H]2OC(C)=O)(C(=O)OCc2ccccc2)C[C@@H]1OC(C)=O. The van der Waals surface area contributed by atoms with E-state index < -0.39 is 246 Å². The lowest BCUT2D eigenvalue weighted by Gasteiger charge is -2.53. The summed E-state index contributed by atoms with van der Waals surface area (Å²) >= 11 is 0. The second kappa shape index (κ2) is 50.1. The van der Waals surface area contributed by atoms with E-state index in [1.807, 2.05) is 202 Å². The largest absolute Gasteiger partial charge is 0.462 e. The molecule has 21 atom stereocenters. The van der Waals surface area contributed by atoms with Crippen molar-refractivity contribution in [2.75, 3.05) is 25.6 Å². The van der Waals surface area contributed by atoms with Gasteiger partial charge in [0.1, 0.15) is 80.3 Å². The molecule has 32 nitrogen and oxygen atoms in total. The second-order valence-electron chi connectivity index (χ2n) is 37.1. The van der Waals surface area contributed by atoms with Gasteiger partial charge in [-0.05, 0) is 61.8 Å². The van der Waals surface area contributed by atoms with Gasteiger partial charge in [-0.15, -0.1) is 0 Å². The van der Waals surface area contributed by atoms with Crippen molar-refractivity contribution in [2.45, 2.75) is 281 Å². The number of hydrogen-bond donors (Lipinski definition) is 2. The van der Waals surface area contributed by atoms with Gasteiger partial charge in [-0.3, -0.25) is 33.6 Å². The summed E-state index contributed by atoms with van der Waals surface area (Å²) in [6.45, 7) is 18.2. The zero-order valence-electron chi connectivity index (χ0n) is 80.8. The van der Waals surface area contributed by atoms with E-state index in [0.717, 1.165) is 70.0 Å². The molecule has 4 aliphatic heterocycles. The van der Waals surface area contributed by atoms with Gasteiger partial charge in [-0.1, -0.05) is 283 Å². The lowest BCUT2D eigenvalue weighted by atomic mass is 9.87. The summed E-state index contributed by atoms with van der Waals surface area (Å²) in [5, 5.41) is 3.53. The van der Waals surface area contributed by atoms with Gasteiger partial charge in [0.15, 0.2) is 43.3 Å². The molecule has 4 aliphatic rings. The van der Waals surface area contributed by atoms with Crippen LogP contribution in [-0.2, 0) is 182 Å². The van der Waals surface area contributed by atoms with Crippen LogP contribution in [0.5, 0.6) is 0 Å². The average Bonchev–Trinajstić information content (AvgIpc) is 0.735.